The van der Waals surface area contributed by atoms with Crippen molar-refractivity contribution in [2.24, 2.45) is 5.92 Å². The average molecular weight is 505 g/mol. The number of ether oxygens (including phenoxy) is 4. The molecular formula is C27H40N2O7. The van der Waals surface area contributed by atoms with Gasteiger partial charge in [-0.15, -0.1) is 0 Å². The highest BCUT2D eigenvalue weighted by atomic mass is 16.6. The summed E-state index contributed by atoms with van der Waals surface area (Å²) in [4.78, 5) is 38.7. The molecule has 2 aliphatic rings. The summed E-state index contributed by atoms with van der Waals surface area (Å²) in [6.07, 6.45) is 3.98. The van der Waals surface area contributed by atoms with E-state index in [9.17, 15) is 14.4 Å². The molecule has 0 aromatic heterocycles. The normalized spacial score (nSPS) is 20.3. The van der Waals surface area contributed by atoms with Crippen LogP contribution in [-0.4, -0.2) is 74.5 Å². The van der Waals surface area contributed by atoms with Gasteiger partial charge in [-0.25, -0.2) is 14.4 Å². The molecule has 36 heavy (non-hydrogen) atoms. The number of carbonyl (C=O) groups excluding carboxylic acids is 3. The average Bonchev–Trinajstić information content (AvgIpc) is 2.82. The van der Waals surface area contributed by atoms with Gasteiger partial charge in [0.05, 0.1) is 25.3 Å². The van der Waals surface area contributed by atoms with Gasteiger partial charge in [0.1, 0.15) is 17.5 Å². The lowest BCUT2D eigenvalue weighted by Gasteiger charge is -2.38. The predicted molar refractivity (Wildman–Crippen MR) is 134 cm³/mol. The topological polar surface area (TPSA) is 103 Å². The number of rotatable bonds is 8. The van der Waals surface area contributed by atoms with Crippen LogP contribution < -0.4 is 10.1 Å². The largest absolute Gasteiger partial charge is 0.490 e. The molecular weight excluding hydrogens is 464 g/mol. The van der Waals surface area contributed by atoms with Gasteiger partial charge < -0.3 is 29.2 Å². The maximum absolute atomic E-state index is 12.4. The van der Waals surface area contributed by atoms with Gasteiger partial charge in [0.15, 0.2) is 0 Å². The number of methoxy groups -OCH3 is 2. The third kappa shape index (κ3) is 6.90. The zero-order chi connectivity index (χ0) is 26.5. The molecule has 9 heteroatoms. The molecule has 0 atom stereocenters. The SMILES string of the molecule is CCc1c(O[C@H]2C[C@H](NCC3CCN(C(=O)OC(C)(C)C)CC3)C2)ccc(C(=O)OC)c1C(=O)OC. The van der Waals surface area contributed by atoms with E-state index in [2.05, 4.69) is 5.32 Å². The minimum Gasteiger partial charge on any atom is -0.490 e. The fraction of sp³-hybridized carbons (Fsp3) is 0.667. The zero-order valence-electron chi connectivity index (χ0n) is 22.3. The van der Waals surface area contributed by atoms with E-state index in [1.54, 1.807) is 17.0 Å². The van der Waals surface area contributed by atoms with E-state index in [1.807, 2.05) is 27.7 Å². The van der Waals surface area contributed by atoms with Crippen LogP contribution in [0.5, 0.6) is 5.75 Å². The monoisotopic (exact) mass is 504 g/mol. The van der Waals surface area contributed by atoms with Crippen molar-refractivity contribution in [2.75, 3.05) is 33.9 Å². The van der Waals surface area contributed by atoms with E-state index in [-0.39, 0.29) is 23.3 Å². The highest BCUT2D eigenvalue weighted by Gasteiger charge is 2.34. The standard InChI is InChI=1S/C27H40N2O7/c1-7-20-22(9-8-21(24(30)33-5)23(20)25(31)34-6)35-19-14-18(15-19)28-16-17-10-12-29(13-11-17)26(32)36-27(2,3)4/h8-9,17-19,28H,7,10-16H2,1-6H3/t18-,19-. The molecule has 1 saturated carbocycles. The van der Waals surface area contributed by atoms with Crippen molar-refractivity contribution in [1.29, 1.82) is 0 Å². The molecule has 9 nitrogen and oxygen atoms in total. The van der Waals surface area contributed by atoms with Gasteiger partial charge in [0.2, 0.25) is 0 Å². The third-order valence-corrected chi connectivity index (χ3v) is 6.77. The van der Waals surface area contributed by atoms with Gasteiger partial charge in [0, 0.05) is 24.7 Å². The van der Waals surface area contributed by atoms with Crippen molar-refractivity contribution in [3.8, 4) is 5.75 Å². The molecule has 2 fully saturated rings. The number of nitrogens with zero attached hydrogens (tertiary/aromatic N) is 1. The number of piperidine rings is 1. The summed E-state index contributed by atoms with van der Waals surface area (Å²) < 4.78 is 21.4. The summed E-state index contributed by atoms with van der Waals surface area (Å²) in [5.74, 6) is -0.0302. The fourth-order valence-electron chi connectivity index (χ4n) is 4.69. The first-order valence-electron chi connectivity index (χ1n) is 12.8. The molecule has 0 spiro atoms. The van der Waals surface area contributed by atoms with Gasteiger partial charge in [0.25, 0.3) is 0 Å². The van der Waals surface area contributed by atoms with Crippen molar-refractivity contribution < 1.29 is 33.3 Å². The Hall–Kier alpha value is -2.81. The van der Waals surface area contributed by atoms with E-state index < -0.39 is 17.5 Å². The quantitative estimate of drug-likeness (QED) is 0.419. The zero-order valence-corrected chi connectivity index (χ0v) is 22.3. The summed E-state index contributed by atoms with van der Waals surface area (Å²) in [6, 6.07) is 3.67. The Morgan fingerprint density at radius 2 is 1.67 bits per heavy atom. The molecule has 1 aliphatic heterocycles. The number of amides is 1. The van der Waals surface area contributed by atoms with Gasteiger partial charge in [-0.1, -0.05) is 6.92 Å². The van der Waals surface area contributed by atoms with Crippen molar-refractivity contribution in [1.82, 2.24) is 10.2 Å². The summed E-state index contributed by atoms with van der Waals surface area (Å²) >= 11 is 0. The second kappa shape index (κ2) is 12.0. The summed E-state index contributed by atoms with van der Waals surface area (Å²) in [6.45, 7) is 9.93. The molecule has 1 N–H and O–H groups in total. The van der Waals surface area contributed by atoms with Crippen LogP contribution in [0.2, 0.25) is 0 Å². The number of hydrogen-bond donors (Lipinski definition) is 1. The first kappa shape index (κ1) is 27.8. The number of carbonyl (C=O) groups is 3. The lowest BCUT2D eigenvalue weighted by molar-refractivity contribution is 0.0177. The molecule has 1 aliphatic carbocycles. The Morgan fingerprint density at radius 3 is 2.22 bits per heavy atom. The van der Waals surface area contributed by atoms with Crippen LogP contribution in [0.1, 0.15) is 79.7 Å². The summed E-state index contributed by atoms with van der Waals surface area (Å²) in [5, 5.41) is 3.64. The van der Waals surface area contributed by atoms with Crippen LogP contribution in [0, 0.1) is 5.92 Å². The lowest BCUT2D eigenvalue weighted by atomic mass is 9.87. The van der Waals surface area contributed by atoms with E-state index in [4.69, 9.17) is 18.9 Å². The Bertz CT molecular complexity index is 942. The first-order chi connectivity index (χ1) is 17.1. The smallest absolute Gasteiger partial charge is 0.410 e. The van der Waals surface area contributed by atoms with Crippen molar-refractivity contribution >= 4 is 18.0 Å². The second-order valence-corrected chi connectivity index (χ2v) is 10.5. The fourth-order valence-corrected chi connectivity index (χ4v) is 4.69. The van der Waals surface area contributed by atoms with Crippen LogP contribution in [-0.2, 0) is 20.6 Å². The van der Waals surface area contributed by atoms with E-state index in [1.165, 1.54) is 14.2 Å². The van der Waals surface area contributed by atoms with Gasteiger partial charge in [-0.05, 0) is 77.5 Å². The molecule has 200 valence electrons. The van der Waals surface area contributed by atoms with Crippen LogP contribution in [0.3, 0.4) is 0 Å². The maximum Gasteiger partial charge on any atom is 0.410 e. The third-order valence-electron chi connectivity index (χ3n) is 6.77. The maximum atomic E-state index is 12.4. The van der Waals surface area contributed by atoms with Crippen LogP contribution in [0.4, 0.5) is 4.79 Å². The second-order valence-electron chi connectivity index (χ2n) is 10.5. The number of likely N-dealkylation sites (tertiary alicyclic amines) is 1. The Labute approximate surface area is 213 Å². The van der Waals surface area contributed by atoms with E-state index in [0.717, 1.165) is 45.3 Å². The molecule has 1 aromatic rings. The molecule has 0 bridgehead atoms. The molecule has 1 saturated heterocycles. The molecule has 1 amide bonds. The first-order valence-corrected chi connectivity index (χ1v) is 12.8. The van der Waals surface area contributed by atoms with Crippen LogP contribution >= 0.6 is 0 Å². The van der Waals surface area contributed by atoms with Crippen molar-refractivity contribution in [2.45, 2.75) is 77.5 Å². The Balaban J connectivity index is 1.48. The van der Waals surface area contributed by atoms with Gasteiger partial charge in [-0.2, -0.15) is 0 Å². The van der Waals surface area contributed by atoms with Crippen molar-refractivity contribution in [3.63, 3.8) is 0 Å². The highest BCUT2D eigenvalue weighted by Crippen LogP contribution is 2.33. The van der Waals surface area contributed by atoms with Crippen molar-refractivity contribution in [3.05, 3.63) is 28.8 Å². The minimum atomic E-state index is -0.582. The van der Waals surface area contributed by atoms with E-state index >= 15 is 0 Å². The molecule has 0 radical (unpaired) electrons. The molecule has 1 aromatic carbocycles. The van der Waals surface area contributed by atoms with Crippen LogP contribution in [0.25, 0.3) is 0 Å². The van der Waals surface area contributed by atoms with Crippen LogP contribution in [0.15, 0.2) is 12.1 Å². The van der Waals surface area contributed by atoms with Gasteiger partial charge in [-0.3, -0.25) is 0 Å². The number of nitrogens with one attached hydrogen (secondary N) is 1. The number of esters is 2. The minimum absolute atomic E-state index is 0.0382. The molecule has 0 unspecified atom stereocenters. The Kier molecular flexibility index (Phi) is 9.22. The summed E-state index contributed by atoms with van der Waals surface area (Å²) in [5.41, 5.74) is 0.564. The number of benzene rings is 1. The molecule has 3 rings (SSSR count). The lowest BCUT2D eigenvalue weighted by Crippen LogP contribution is -2.49. The molecule has 1 heterocycles. The van der Waals surface area contributed by atoms with Gasteiger partial charge >= 0.3 is 18.0 Å². The van der Waals surface area contributed by atoms with E-state index in [0.29, 0.717) is 29.7 Å². The summed E-state index contributed by atoms with van der Waals surface area (Å²) in [7, 11) is 2.57. The predicted octanol–water partition coefficient (Wildman–Crippen LogP) is 3.97. The Morgan fingerprint density at radius 1 is 1.03 bits per heavy atom. The highest BCUT2D eigenvalue weighted by molar-refractivity contribution is 6.04. The number of hydrogen-bond acceptors (Lipinski definition) is 8.